The third-order valence-corrected chi connectivity index (χ3v) is 5.18. The van der Waals surface area contributed by atoms with Crippen LogP contribution in [0.3, 0.4) is 0 Å². The third-order valence-electron chi connectivity index (χ3n) is 5.18. The maximum atomic E-state index is 12.3. The van der Waals surface area contributed by atoms with Gasteiger partial charge < -0.3 is 11.1 Å². The molecule has 0 unspecified atom stereocenters. The molecule has 144 valence electrons. The van der Waals surface area contributed by atoms with Crippen LogP contribution in [0.5, 0.6) is 0 Å². The summed E-state index contributed by atoms with van der Waals surface area (Å²) in [5, 5.41) is 15.1. The summed E-state index contributed by atoms with van der Waals surface area (Å²) < 4.78 is 0. The van der Waals surface area contributed by atoms with Crippen molar-refractivity contribution in [3.8, 4) is 11.4 Å². The predicted octanol–water partition coefficient (Wildman–Crippen LogP) is 3.61. The lowest BCUT2D eigenvalue weighted by Gasteiger charge is -2.22. The van der Waals surface area contributed by atoms with Gasteiger partial charge in [-0.15, -0.1) is 10.2 Å². The molecule has 0 atom stereocenters. The van der Waals surface area contributed by atoms with Gasteiger partial charge in [-0.25, -0.2) is 0 Å². The lowest BCUT2D eigenvalue weighted by Crippen LogP contribution is -2.20. The largest absolute Gasteiger partial charge is 0.399 e. The van der Waals surface area contributed by atoms with Crippen molar-refractivity contribution in [2.24, 2.45) is 0 Å². The van der Waals surface area contributed by atoms with Crippen LogP contribution in [-0.2, 0) is 11.3 Å². The van der Waals surface area contributed by atoms with Gasteiger partial charge in [-0.1, -0.05) is 31.4 Å². The van der Waals surface area contributed by atoms with E-state index in [2.05, 4.69) is 32.9 Å². The number of hydrogen-bond acceptors (Lipinski definition) is 5. The average molecular weight is 376 g/mol. The molecule has 1 aliphatic carbocycles. The van der Waals surface area contributed by atoms with Gasteiger partial charge in [0.2, 0.25) is 11.7 Å². The maximum Gasteiger partial charge on any atom is 0.248 e. The molecule has 1 heterocycles. The zero-order valence-electron chi connectivity index (χ0n) is 15.7. The van der Waals surface area contributed by atoms with Gasteiger partial charge in [0, 0.05) is 16.9 Å². The summed E-state index contributed by atoms with van der Waals surface area (Å²) in [6.45, 7) is 0.00630. The van der Waals surface area contributed by atoms with Crippen molar-refractivity contribution >= 4 is 17.3 Å². The molecule has 0 spiro atoms. The Balaban J connectivity index is 1.35. The van der Waals surface area contributed by atoms with E-state index < -0.39 is 0 Å². The predicted molar refractivity (Wildman–Crippen MR) is 109 cm³/mol. The summed E-state index contributed by atoms with van der Waals surface area (Å²) in [7, 11) is 0. The van der Waals surface area contributed by atoms with E-state index in [4.69, 9.17) is 5.73 Å². The molecule has 7 heteroatoms. The van der Waals surface area contributed by atoms with Crippen molar-refractivity contribution in [1.82, 2.24) is 20.2 Å². The molecule has 0 bridgehead atoms. The van der Waals surface area contributed by atoms with Crippen LogP contribution in [0.1, 0.15) is 43.6 Å². The first-order chi connectivity index (χ1) is 13.7. The molecule has 28 heavy (non-hydrogen) atoms. The minimum absolute atomic E-state index is 0.00630. The number of hydrogen-bond donors (Lipinski definition) is 2. The van der Waals surface area contributed by atoms with Crippen LogP contribution in [0.4, 0.5) is 11.4 Å². The molecule has 3 aromatic rings. The van der Waals surface area contributed by atoms with Crippen molar-refractivity contribution in [2.75, 3.05) is 11.1 Å². The molecule has 1 aliphatic rings. The molecule has 0 radical (unpaired) electrons. The lowest BCUT2D eigenvalue weighted by molar-refractivity contribution is -0.117. The number of carbonyl (C=O) groups excluding carboxylic acids is 1. The zero-order valence-corrected chi connectivity index (χ0v) is 15.7. The Morgan fingerprint density at radius 2 is 1.75 bits per heavy atom. The van der Waals surface area contributed by atoms with Crippen LogP contribution in [-0.4, -0.2) is 26.1 Å². The number of nitrogens with two attached hydrogens (primary N) is 1. The summed E-state index contributed by atoms with van der Waals surface area (Å²) in [6.07, 6.45) is 6.50. The highest BCUT2D eigenvalue weighted by atomic mass is 16.2. The number of amides is 1. The topological polar surface area (TPSA) is 98.7 Å². The summed E-state index contributed by atoms with van der Waals surface area (Å²) in [4.78, 5) is 13.6. The van der Waals surface area contributed by atoms with Gasteiger partial charge in [-0.05, 0) is 65.9 Å². The van der Waals surface area contributed by atoms with Gasteiger partial charge in [0.25, 0.3) is 0 Å². The number of rotatable bonds is 5. The molecule has 3 N–H and O–H groups in total. The van der Waals surface area contributed by atoms with Crippen molar-refractivity contribution in [2.45, 2.75) is 44.6 Å². The Morgan fingerprint density at radius 1 is 1.04 bits per heavy atom. The Hall–Kier alpha value is -3.22. The number of nitrogen functional groups attached to an aromatic ring is 1. The number of tetrazole rings is 1. The van der Waals surface area contributed by atoms with Crippen molar-refractivity contribution in [3.63, 3.8) is 0 Å². The first kappa shape index (κ1) is 18.2. The molecular formula is C21H24N6O. The SMILES string of the molecule is Nc1ccc(-c2nnn(CC(=O)Nc3ccc(C4CCCCC4)cc3)n2)cc1. The number of benzene rings is 2. The normalized spacial score (nSPS) is 14.7. The quantitative estimate of drug-likeness (QED) is 0.663. The molecule has 1 amide bonds. The second kappa shape index (κ2) is 8.21. The molecule has 1 aromatic heterocycles. The number of aromatic nitrogens is 4. The Bertz CT molecular complexity index is 926. The van der Waals surface area contributed by atoms with E-state index in [-0.39, 0.29) is 12.5 Å². The fourth-order valence-electron chi connectivity index (χ4n) is 3.66. The van der Waals surface area contributed by atoms with Gasteiger partial charge in [0.1, 0.15) is 6.54 Å². The maximum absolute atomic E-state index is 12.3. The molecular weight excluding hydrogens is 352 g/mol. The first-order valence-corrected chi connectivity index (χ1v) is 9.71. The molecule has 0 saturated heterocycles. The van der Waals surface area contributed by atoms with Crippen LogP contribution in [0.2, 0.25) is 0 Å². The van der Waals surface area contributed by atoms with E-state index >= 15 is 0 Å². The summed E-state index contributed by atoms with van der Waals surface area (Å²) in [6, 6.07) is 15.4. The van der Waals surface area contributed by atoms with Crippen LogP contribution in [0, 0.1) is 0 Å². The zero-order chi connectivity index (χ0) is 19.3. The van der Waals surface area contributed by atoms with Gasteiger partial charge in [-0.2, -0.15) is 4.80 Å². The van der Waals surface area contributed by atoms with E-state index in [1.54, 1.807) is 12.1 Å². The first-order valence-electron chi connectivity index (χ1n) is 9.71. The van der Waals surface area contributed by atoms with Crippen LogP contribution >= 0.6 is 0 Å². The van der Waals surface area contributed by atoms with Gasteiger partial charge in [0.15, 0.2) is 0 Å². The van der Waals surface area contributed by atoms with Crippen LogP contribution in [0.15, 0.2) is 48.5 Å². The fourth-order valence-corrected chi connectivity index (χ4v) is 3.66. The standard InChI is InChI=1S/C21H24N6O/c22-18-10-6-17(7-11-18)21-24-26-27(25-21)14-20(28)23-19-12-8-16(9-13-19)15-4-2-1-3-5-15/h6-13,15H,1-5,14,22H2,(H,23,28). The van der Waals surface area contributed by atoms with Crippen LogP contribution < -0.4 is 11.1 Å². The summed E-state index contributed by atoms with van der Waals surface area (Å²) in [5.41, 5.74) is 9.31. The number of anilines is 2. The van der Waals surface area contributed by atoms with Gasteiger partial charge in [-0.3, -0.25) is 4.79 Å². The molecule has 1 fully saturated rings. The highest BCUT2D eigenvalue weighted by molar-refractivity contribution is 5.90. The van der Waals surface area contributed by atoms with E-state index in [9.17, 15) is 4.79 Å². The second-order valence-electron chi connectivity index (χ2n) is 7.27. The molecule has 0 aliphatic heterocycles. The highest BCUT2D eigenvalue weighted by Gasteiger charge is 2.15. The smallest absolute Gasteiger partial charge is 0.248 e. The number of carbonyl (C=O) groups is 1. The van der Waals surface area contributed by atoms with Crippen molar-refractivity contribution in [3.05, 3.63) is 54.1 Å². The molecule has 4 rings (SSSR count). The Labute approximate surface area is 163 Å². The monoisotopic (exact) mass is 376 g/mol. The average Bonchev–Trinajstić information content (AvgIpc) is 3.18. The fraction of sp³-hybridized carbons (Fsp3) is 0.333. The van der Waals surface area contributed by atoms with Crippen molar-refractivity contribution in [1.29, 1.82) is 0 Å². The van der Waals surface area contributed by atoms with Crippen LogP contribution in [0.25, 0.3) is 11.4 Å². The summed E-state index contributed by atoms with van der Waals surface area (Å²) >= 11 is 0. The van der Waals surface area contributed by atoms with Gasteiger partial charge in [0.05, 0.1) is 0 Å². The van der Waals surface area contributed by atoms with E-state index in [1.807, 2.05) is 24.3 Å². The minimum atomic E-state index is -0.188. The lowest BCUT2D eigenvalue weighted by atomic mass is 9.84. The molecule has 2 aromatic carbocycles. The second-order valence-corrected chi connectivity index (χ2v) is 7.27. The minimum Gasteiger partial charge on any atom is -0.399 e. The highest BCUT2D eigenvalue weighted by Crippen LogP contribution is 2.32. The summed E-state index contributed by atoms with van der Waals surface area (Å²) in [5.74, 6) is 0.931. The number of nitrogens with one attached hydrogen (secondary N) is 1. The Morgan fingerprint density at radius 3 is 2.46 bits per heavy atom. The van der Waals surface area contributed by atoms with E-state index in [0.29, 0.717) is 17.4 Å². The van der Waals surface area contributed by atoms with E-state index in [1.165, 1.54) is 42.5 Å². The third kappa shape index (κ3) is 4.36. The van der Waals surface area contributed by atoms with E-state index in [0.717, 1.165) is 11.3 Å². The van der Waals surface area contributed by atoms with Crippen molar-refractivity contribution < 1.29 is 4.79 Å². The molecule has 1 saturated carbocycles. The Kier molecular flexibility index (Phi) is 5.32. The van der Waals surface area contributed by atoms with Gasteiger partial charge >= 0.3 is 0 Å². The molecule has 7 nitrogen and oxygen atoms in total. The number of nitrogens with zero attached hydrogens (tertiary/aromatic N) is 4.